The molecule has 0 aliphatic carbocycles. The van der Waals surface area contributed by atoms with Gasteiger partial charge in [-0.05, 0) is 0 Å². The molecule has 0 atom stereocenters. The van der Waals surface area contributed by atoms with Crippen LogP contribution in [0.15, 0.2) is 30.3 Å². The molecule has 0 amide bonds. The van der Waals surface area contributed by atoms with Crippen molar-refractivity contribution in [2.24, 2.45) is 0 Å². The Hall–Kier alpha value is -0.630. The quantitative estimate of drug-likeness (QED) is 0.108. The minimum atomic E-state index is -3.23. The van der Waals surface area contributed by atoms with Crippen molar-refractivity contribution in [1.82, 2.24) is 0 Å². The molecule has 218 valence electrons. The van der Waals surface area contributed by atoms with Crippen LogP contribution in [0.2, 0.25) is 0 Å². The van der Waals surface area contributed by atoms with Crippen LogP contribution < -0.4 is 4.52 Å². The number of para-hydroxylation sites is 1. The Labute approximate surface area is 232 Å². The molecule has 0 radical (unpaired) electrons. The van der Waals surface area contributed by atoms with Gasteiger partial charge in [-0.3, -0.25) is 0 Å². The van der Waals surface area contributed by atoms with Gasteiger partial charge in [0.05, 0.1) is 0 Å². The molecule has 0 saturated heterocycles. The van der Waals surface area contributed by atoms with Gasteiger partial charge in [0.2, 0.25) is 0 Å². The molecule has 1 aromatic rings. The molecule has 0 aliphatic heterocycles. The summed E-state index contributed by atoms with van der Waals surface area (Å²) in [6, 6.07) is 10.3. The van der Waals surface area contributed by atoms with Gasteiger partial charge in [-0.25, -0.2) is 0 Å². The summed E-state index contributed by atoms with van der Waals surface area (Å²) in [7, 11) is -3.23. The second-order valence-corrected chi connectivity index (χ2v) is 16.1. The van der Waals surface area contributed by atoms with Crippen molar-refractivity contribution in [2.75, 3.05) is 0 Å². The topological polar surface area (TPSA) is 27.7 Å². The number of hydrogen-bond donors (Lipinski definition) is 0. The normalized spacial score (nSPS) is 13.6. The van der Waals surface area contributed by atoms with Crippen LogP contribution >= 0.6 is 7.94 Å². The van der Waals surface area contributed by atoms with Crippen LogP contribution in [0.25, 0.3) is 0 Å². The van der Waals surface area contributed by atoms with E-state index in [0.29, 0.717) is 0 Å². The third-order valence-corrected chi connectivity index (χ3v) is 11.6. The van der Waals surface area contributed by atoms with Gasteiger partial charge >= 0.3 is 233 Å². The summed E-state index contributed by atoms with van der Waals surface area (Å²) in [5, 5.41) is -0.210. The predicted molar refractivity (Wildman–Crippen MR) is 166 cm³/mol. The van der Waals surface area contributed by atoms with Gasteiger partial charge in [0.15, 0.2) is 0 Å². The van der Waals surface area contributed by atoms with E-state index in [1.807, 2.05) is 6.07 Å². The van der Waals surface area contributed by atoms with Crippen molar-refractivity contribution >= 4 is 7.94 Å². The summed E-state index contributed by atoms with van der Waals surface area (Å²) < 4.78 is 21.6. The summed E-state index contributed by atoms with van der Waals surface area (Å²) in [6.45, 7) is 20.5. The zero-order chi connectivity index (χ0) is 27.8. The maximum atomic E-state index is 7.29. The molecule has 37 heavy (non-hydrogen) atoms. The Balaban J connectivity index is 3.38. The molecule has 4 heteroatoms. The van der Waals surface area contributed by atoms with Crippen molar-refractivity contribution in [2.45, 2.75) is 175 Å². The third kappa shape index (κ3) is 13.3. The first-order valence-corrected chi connectivity index (χ1v) is 17.3. The van der Waals surface area contributed by atoms with Crippen molar-refractivity contribution in [3.8, 4) is 5.75 Å². The zero-order valence-electron chi connectivity index (χ0n) is 26.2. The average molecular weight is 539 g/mol. The van der Waals surface area contributed by atoms with E-state index in [2.05, 4.69) is 86.6 Å². The van der Waals surface area contributed by atoms with Gasteiger partial charge in [-0.1, -0.05) is 0 Å². The van der Waals surface area contributed by atoms with E-state index in [-0.39, 0.29) is 16.4 Å². The van der Waals surface area contributed by atoms with Crippen LogP contribution in [0.4, 0.5) is 0 Å². The van der Waals surface area contributed by atoms with Crippen LogP contribution in [0.3, 0.4) is 0 Å². The molecule has 1 aromatic carbocycles. The van der Waals surface area contributed by atoms with E-state index in [9.17, 15) is 0 Å². The standard InChI is InChI=1S/C33H63O3P/c1-10-13-16-22-27-31(4,5)35-37(34-30-25-20-19-21-26-30,33(8,9)29-24-18-15-12-3)36-32(6,7)28-23-17-14-11-2/h19-21,25-26,37H,10-18,22-24,27-29H2,1-9H3. The summed E-state index contributed by atoms with van der Waals surface area (Å²) in [5.41, 5.74) is -0.624. The Morgan fingerprint density at radius 1 is 0.541 bits per heavy atom. The fourth-order valence-electron chi connectivity index (χ4n) is 5.05. The summed E-state index contributed by atoms with van der Waals surface area (Å²) in [4.78, 5) is 0. The van der Waals surface area contributed by atoms with Crippen LogP contribution in [0.1, 0.15) is 159 Å². The summed E-state index contributed by atoms with van der Waals surface area (Å²) >= 11 is 0. The minimum absolute atomic E-state index is 0.210. The molecule has 1 rings (SSSR count). The predicted octanol–water partition coefficient (Wildman–Crippen LogP) is 11.8. The molecule has 0 spiro atoms. The van der Waals surface area contributed by atoms with Crippen molar-refractivity contribution in [1.29, 1.82) is 0 Å². The number of benzene rings is 1. The van der Waals surface area contributed by atoms with Gasteiger partial charge < -0.3 is 0 Å². The molecule has 0 heterocycles. The van der Waals surface area contributed by atoms with E-state index in [1.165, 1.54) is 77.0 Å². The Morgan fingerprint density at radius 3 is 1.35 bits per heavy atom. The Bertz CT molecular complexity index is 673. The molecule has 0 aliphatic rings. The molecular formula is C33H63O3P. The number of hydrogen-bond acceptors (Lipinski definition) is 3. The van der Waals surface area contributed by atoms with Crippen LogP contribution in [0, 0.1) is 0 Å². The van der Waals surface area contributed by atoms with Crippen LogP contribution in [0.5, 0.6) is 5.75 Å². The van der Waals surface area contributed by atoms with Crippen LogP contribution in [-0.4, -0.2) is 16.4 Å². The first-order valence-electron chi connectivity index (χ1n) is 15.6. The Kier molecular flexibility index (Phi) is 15.9. The molecular weight excluding hydrogens is 475 g/mol. The summed E-state index contributed by atoms with van der Waals surface area (Å²) in [5.74, 6) is 0.861. The monoisotopic (exact) mass is 538 g/mol. The van der Waals surface area contributed by atoms with Gasteiger partial charge in [0.1, 0.15) is 0 Å². The van der Waals surface area contributed by atoms with Crippen molar-refractivity contribution in [3.05, 3.63) is 30.3 Å². The summed E-state index contributed by atoms with van der Waals surface area (Å²) in [6.07, 6.45) is 17.9. The first-order chi connectivity index (χ1) is 17.4. The van der Waals surface area contributed by atoms with Crippen molar-refractivity contribution in [3.63, 3.8) is 0 Å². The van der Waals surface area contributed by atoms with E-state index >= 15 is 0 Å². The van der Waals surface area contributed by atoms with Crippen LogP contribution in [-0.2, 0) is 9.05 Å². The first kappa shape index (κ1) is 34.4. The van der Waals surface area contributed by atoms with Crippen molar-refractivity contribution < 1.29 is 13.6 Å². The molecule has 0 saturated carbocycles. The molecule has 3 nitrogen and oxygen atoms in total. The third-order valence-electron chi connectivity index (χ3n) is 7.57. The van der Waals surface area contributed by atoms with Gasteiger partial charge in [-0.15, -0.1) is 0 Å². The molecule has 0 unspecified atom stereocenters. The maximum absolute atomic E-state index is 7.29. The molecule has 0 N–H and O–H groups in total. The van der Waals surface area contributed by atoms with E-state index in [4.69, 9.17) is 13.6 Å². The van der Waals surface area contributed by atoms with E-state index in [1.54, 1.807) is 0 Å². The van der Waals surface area contributed by atoms with Gasteiger partial charge in [-0.2, -0.15) is 0 Å². The number of rotatable bonds is 22. The van der Waals surface area contributed by atoms with Gasteiger partial charge in [0, 0.05) is 0 Å². The average Bonchev–Trinajstić information content (AvgIpc) is 2.82. The molecule has 0 fully saturated rings. The second-order valence-electron chi connectivity index (χ2n) is 13.0. The second kappa shape index (κ2) is 17.1. The van der Waals surface area contributed by atoms with Gasteiger partial charge in [0.25, 0.3) is 0 Å². The van der Waals surface area contributed by atoms with E-state index in [0.717, 1.165) is 25.0 Å². The fraction of sp³-hybridized carbons (Fsp3) is 0.818. The zero-order valence-corrected chi connectivity index (χ0v) is 27.2. The molecule has 0 bridgehead atoms. The number of unbranched alkanes of at least 4 members (excludes halogenated alkanes) is 9. The SMILES string of the molecule is CCCCCCC(C)(C)O[PH](Oc1ccccc1)(OC(C)(C)CCCCCC)C(C)(C)CCCCCC. The Morgan fingerprint density at radius 2 is 0.946 bits per heavy atom. The van der Waals surface area contributed by atoms with E-state index < -0.39 is 7.94 Å². The molecule has 0 aromatic heterocycles. The fourth-order valence-corrected chi connectivity index (χ4v) is 8.59.